The van der Waals surface area contributed by atoms with E-state index >= 15 is 0 Å². The van der Waals surface area contributed by atoms with E-state index < -0.39 is 22.5 Å². The summed E-state index contributed by atoms with van der Waals surface area (Å²) in [5.41, 5.74) is 0.107. The molecular weight excluding hydrogens is 512 g/mol. The zero-order valence-corrected chi connectivity index (χ0v) is 22.7. The molecule has 0 fully saturated rings. The van der Waals surface area contributed by atoms with E-state index in [2.05, 4.69) is 4.98 Å². The molecule has 0 saturated carbocycles. The predicted octanol–water partition coefficient (Wildman–Crippen LogP) is 3.13. The average molecular weight is 545 g/mol. The van der Waals surface area contributed by atoms with Crippen LogP contribution in [0.5, 0.6) is 11.5 Å². The Morgan fingerprint density at radius 3 is 1.98 bits per heavy atom. The van der Waals surface area contributed by atoms with Gasteiger partial charge in [0.1, 0.15) is 29.4 Å². The molecule has 1 aromatic heterocycles. The van der Waals surface area contributed by atoms with Gasteiger partial charge in [-0.05, 0) is 47.9 Å². The van der Waals surface area contributed by atoms with E-state index in [1.165, 1.54) is 4.57 Å². The van der Waals surface area contributed by atoms with Crippen molar-refractivity contribution in [1.82, 2.24) is 9.55 Å². The zero-order chi connectivity index (χ0) is 28.3. The first-order valence-corrected chi connectivity index (χ1v) is 12.9. The minimum atomic E-state index is -1.20. The highest BCUT2D eigenvalue weighted by Crippen LogP contribution is 2.43. The molecule has 5 rings (SSSR count). The third-order valence-electron chi connectivity index (χ3n) is 7.57. The standard InChI is InChI=1S/C31H32N2O7/c1-21-27-17-30(18-34,40-20-33(27)29(36)32-28(21)35)19-39-31(22-7-5-4-6-8-22,23-9-13-25(37-2)14-10-23)24-11-15-26(38-3)16-12-24/h4-16,34H,17-20H2,1-3H3,(H,32,35,36)/t30-/m0/s1. The van der Waals surface area contributed by atoms with Gasteiger partial charge in [0.15, 0.2) is 0 Å². The summed E-state index contributed by atoms with van der Waals surface area (Å²) in [5.74, 6) is 1.40. The van der Waals surface area contributed by atoms with E-state index in [0.717, 1.165) is 16.7 Å². The number of aliphatic hydroxyl groups excluding tert-OH is 1. The van der Waals surface area contributed by atoms with E-state index in [4.69, 9.17) is 18.9 Å². The summed E-state index contributed by atoms with van der Waals surface area (Å²) in [7, 11) is 3.22. The highest BCUT2D eigenvalue weighted by atomic mass is 16.6. The van der Waals surface area contributed by atoms with Crippen molar-refractivity contribution >= 4 is 0 Å². The van der Waals surface area contributed by atoms with Crippen LogP contribution in [0, 0.1) is 6.92 Å². The predicted molar refractivity (Wildman–Crippen MR) is 149 cm³/mol. The minimum Gasteiger partial charge on any atom is -0.497 e. The van der Waals surface area contributed by atoms with Gasteiger partial charge in [-0.2, -0.15) is 0 Å². The summed E-state index contributed by atoms with van der Waals surface area (Å²) in [6, 6.07) is 25.1. The van der Waals surface area contributed by atoms with Crippen LogP contribution in [0.25, 0.3) is 0 Å². The molecule has 9 heteroatoms. The summed E-state index contributed by atoms with van der Waals surface area (Å²) in [5, 5.41) is 10.6. The molecule has 3 aromatic carbocycles. The molecule has 1 aliphatic rings. The van der Waals surface area contributed by atoms with E-state index in [1.807, 2.05) is 78.9 Å². The molecule has 0 unspecified atom stereocenters. The first kappa shape index (κ1) is 27.4. The molecule has 9 nitrogen and oxygen atoms in total. The summed E-state index contributed by atoms with van der Waals surface area (Å²) < 4.78 is 25.3. The number of hydrogen-bond acceptors (Lipinski definition) is 7. The number of nitrogens with zero attached hydrogens (tertiary/aromatic N) is 1. The fourth-order valence-corrected chi connectivity index (χ4v) is 5.19. The third kappa shape index (κ3) is 4.83. The lowest BCUT2D eigenvalue weighted by molar-refractivity contribution is -0.177. The van der Waals surface area contributed by atoms with Gasteiger partial charge in [0, 0.05) is 17.7 Å². The van der Waals surface area contributed by atoms with Crippen LogP contribution in [0.15, 0.2) is 88.5 Å². The number of hydrogen-bond donors (Lipinski definition) is 2. The second kappa shape index (κ2) is 11.1. The summed E-state index contributed by atoms with van der Waals surface area (Å²) in [6.45, 7) is 1.10. The van der Waals surface area contributed by atoms with Gasteiger partial charge in [0.2, 0.25) is 0 Å². The molecular formula is C31H32N2O7. The molecule has 0 spiro atoms. The van der Waals surface area contributed by atoms with Crippen LogP contribution in [0.2, 0.25) is 0 Å². The number of aliphatic hydroxyl groups is 1. The smallest absolute Gasteiger partial charge is 0.330 e. The van der Waals surface area contributed by atoms with Crippen molar-refractivity contribution in [3.05, 3.63) is 128 Å². The monoisotopic (exact) mass is 544 g/mol. The van der Waals surface area contributed by atoms with Crippen molar-refractivity contribution in [2.75, 3.05) is 27.4 Å². The molecule has 1 aliphatic heterocycles. The van der Waals surface area contributed by atoms with Gasteiger partial charge in [-0.15, -0.1) is 0 Å². The Hall–Kier alpha value is -4.18. The molecule has 1 atom stereocenters. The van der Waals surface area contributed by atoms with Gasteiger partial charge in [0.05, 0.1) is 27.4 Å². The Morgan fingerprint density at radius 2 is 1.45 bits per heavy atom. The van der Waals surface area contributed by atoms with Crippen molar-refractivity contribution in [3.8, 4) is 11.5 Å². The maximum absolute atomic E-state index is 12.4. The number of benzene rings is 3. The number of H-pyrrole nitrogens is 1. The lowest BCUT2D eigenvalue weighted by Crippen LogP contribution is -2.53. The third-order valence-corrected chi connectivity index (χ3v) is 7.57. The van der Waals surface area contributed by atoms with Gasteiger partial charge >= 0.3 is 5.69 Å². The minimum absolute atomic E-state index is 0.0448. The molecule has 0 bridgehead atoms. The van der Waals surface area contributed by atoms with Crippen LogP contribution in [0.3, 0.4) is 0 Å². The van der Waals surface area contributed by atoms with Crippen LogP contribution in [-0.4, -0.2) is 47.7 Å². The quantitative estimate of drug-likeness (QED) is 0.312. The summed E-state index contributed by atoms with van der Waals surface area (Å²) >= 11 is 0. The normalized spacial score (nSPS) is 16.8. The number of methoxy groups -OCH3 is 2. The molecule has 2 heterocycles. The zero-order valence-electron chi connectivity index (χ0n) is 22.7. The Balaban J connectivity index is 1.64. The summed E-state index contributed by atoms with van der Waals surface area (Å²) in [4.78, 5) is 27.1. The van der Waals surface area contributed by atoms with E-state index in [9.17, 15) is 14.7 Å². The Morgan fingerprint density at radius 1 is 0.900 bits per heavy atom. The fraction of sp³-hybridized carbons (Fsp3) is 0.290. The lowest BCUT2D eigenvalue weighted by atomic mass is 9.79. The Labute approximate surface area is 231 Å². The van der Waals surface area contributed by atoms with Gasteiger partial charge < -0.3 is 24.1 Å². The number of ether oxygens (including phenoxy) is 4. The summed E-state index contributed by atoms with van der Waals surface area (Å²) in [6.07, 6.45) is 0.116. The fourth-order valence-electron chi connectivity index (χ4n) is 5.19. The second-order valence-electron chi connectivity index (χ2n) is 9.84. The van der Waals surface area contributed by atoms with Crippen molar-refractivity contribution in [1.29, 1.82) is 0 Å². The SMILES string of the molecule is COc1ccc(C(OC[C@@]2(CO)Cc3c(C)c(=O)[nH]c(=O)n3CO2)(c2ccccc2)c2ccc(OC)cc2)cc1. The van der Waals surface area contributed by atoms with Crippen LogP contribution in [0.4, 0.5) is 0 Å². The van der Waals surface area contributed by atoms with Gasteiger partial charge in [-0.25, -0.2) is 4.79 Å². The maximum atomic E-state index is 12.4. The largest absolute Gasteiger partial charge is 0.497 e. The number of aromatic nitrogens is 2. The highest BCUT2D eigenvalue weighted by Gasteiger charge is 2.44. The molecule has 0 radical (unpaired) electrons. The van der Waals surface area contributed by atoms with Crippen molar-refractivity contribution in [2.45, 2.75) is 31.3 Å². The van der Waals surface area contributed by atoms with Crippen LogP contribution < -0.4 is 20.7 Å². The molecule has 0 saturated heterocycles. The number of rotatable bonds is 9. The van der Waals surface area contributed by atoms with E-state index in [1.54, 1.807) is 21.1 Å². The molecule has 40 heavy (non-hydrogen) atoms. The van der Waals surface area contributed by atoms with Crippen LogP contribution >= 0.6 is 0 Å². The molecule has 0 aliphatic carbocycles. The Kier molecular flexibility index (Phi) is 7.62. The lowest BCUT2D eigenvalue weighted by Gasteiger charge is -2.42. The van der Waals surface area contributed by atoms with Gasteiger partial charge in [0.25, 0.3) is 5.56 Å². The van der Waals surface area contributed by atoms with E-state index in [-0.39, 0.29) is 26.4 Å². The number of aromatic amines is 1. The number of fused-ring (bicyclic) bond motifs is 1. The molecule has 0 amide bonds. The van der Waals surface area contributed by atoms with Crippen molar-refractivity contribution in [2.24, 2.45) is 0 Å². The van der Waals surface area contributed by atoms with Gasteiger partial charge in [-0.1, -0.05) is 54.6 Å². The maximum Gasteiger partial charge on any atom is 0.330 e. The van der Waals surface area contributed by atoms with E-state index in [0.29, 0.717) is 22.8 Å². The van der Waals surface area contributed by atoms with Crippen molar-refractivity contribution in [3.63, 3.8) is 0 Å². The Bertz CT molecular complexity index is 1530. The molecule has 2 N–H and O–H groups in total. The first-order valence-electron chi connectivity index (χ1n) is 12.9. The first-order chi connectivity index (χ1) is 19.4. The van der Waals surface area contributed by atoms with Crippen LogP contribution in [-0.2, 0) is 28.2 Å². The average Bonchev–Trinajstić information content (AvgIpc) is 3.01. The molecule has 4 aromatic rings. The van der Waals surface area contributed by atoms with Crippen LogP contribution in [0.1, 0.15) is 27.9 Å². The number of nitrogens with one attached hydrogen (secondary N) is 1. The molecule has 208 valence electrons. The van der Waals surface area contributed by atoms with Crippen molar-refractivity contribution < 1.29 is 24.1 Å². The highest BCUT2D eigenvalue weighted by molar-refractivity contribution is 5.49. The topological polar surface area (TPSA) is 112 Å². The van der Waals surface area contributed by atoms with Gasteiger partial charge in [-0.3, -0.25) is 14.3 Å². The second-order valence-corrected chi connectivity index (χ2v) is 9.84.